The topological polar surface area (TPSA) is 99.1 Å². The summed E-state index contributed by atoms with van der Waals surface area (Å²) in [4.78, 5) is 32.9. The van der Waals surface area contributed by atoms with Crippen LogP contribution in [0.4, 0.5) is 0 Å². The smallest absolute Gasteiger partial charge is 0.362 e. The molecule has 2 aromatic heterocycles. The fourth-order valence-electron chi connectivity index (χ4n) is 3.58. The SMILES string of the molecule is CCOC(=O)c1nn(Cc2nc3cc(OCC4CC4)c(Cl)cc3[nH]2)c2ccccc2c1=O. The highest BCUT2D eigenvalue weighted by atomic mass is 35.5. The zero-order valence-electron chi connectivity index (χ0n) is 17.4. The third-order valence-electron chi connectivity index (χ3n) is 5.39. The van der Waals surface area contributed by atoms with Crippen LogP contribution >= 0.6 is 11.6 Å². The van der Waals surface area contributed by atoms with E-state index in [1.807, 2.05) is 12.1 Å². The Hall–Kier alpha value is -3.39. The second-order valence-electron chi connectivity index (χ2n) is 7.81. The number of benzene rings is 2. The molecule has 2 aromatic carbocycles. The Morgan fingerprint density at radius 3 is 2.88 bits per heavy atom. The standard InChI is InChI=1S/C23H21ClN4O4/c1-2-31-23(30)21-22(29)14-5-3-4-6-18(14)28(27-21)11-20-25-16-9-15(24)19(10-17(16)26-20)32-12-13-7-8-13/h3-6,9-10,13H,2,7-8,11-12H2,1H3,(H,25,26). The molecule has 1 N–H and O–H groups in total. The van der Waals surface area contributed by atoms with E-state index < -0.39 is 11.4 Å². The Balaban J connectivity index is 1.52. The van der Waals surface area contributed by atoms with Crippen molar-refractivity contribution in [3.63, 3.8) is 0 Å². The first-order valence-electron chi connectivity index (χ1n) is 10.5. The summed E-state index contributed by atoms with van der Waals surface area (Å²) in [5, 5.41) is 5.20. The Kier molecular flexibility index (Phi) is 5.30. The number of carbonyl (C=O) groups excluding carboxylic acids is 1. The van der Waals surface area contributed by atoms with Gasteiger partial charge in [-0.3, -0.25) is 9.48 Å². The van der Waals surface area contributed by atoms with Crippen molar-refractivity contribution in [1.29, 1.82) is 0 Å². The van der Waals surface area contributed by atoms with Gasteiger partial charge in [-0.15, -0.1) is 0 Å². The number of fused-ring (bicyclic) bond motifs is 2. The van der Waals surface area contributed by atoms with Crippen molar-refractivity contribution in [2.75, 3.05) is 13.2 Å². The van der Waals surface area contributed by atoms with Gasteiger partial charge in [0, 0.05) is 11.5 Å². The van der Waals surface area contributed by atoms with E-state index in [0.717, 1.165) is 5.52 Å². The molecule has 9 heteroatoms. The molecular formula is C23H21ClN4O4. The van der Waals surface area contributed by atoms with Crippen molar-refractivity contribution in [2.24, 2.45) is 5.92 Å². The molecule has 2 heterocycles. The van der Waals surface area contributed by atoms with E-state index in [1.165, 1.54) is 12.8 Å². The molecule has 0 aliphatic heterocycles. The van der Waals surface area contributed by atoms with Crippen molar-refractivity contribution in [3.8, 4) is 5.75 Å². The normalized spacial score (nSPS) is 13.6. The van der Waals surface area contributed by atoms with Crippen LogP contribution in [0.25, 0.3) is 21.9 Å². The van der Waals surface area contributed by atoms with Crippen LogP contribution in [-0.2, 0) is 11.3 Å². The number of imidazole rings is 1. The quantitative estimate of drug-likeness (QED) is 0.426. The highest BCUT2D eigenvalue weighted by molar-refractivity contribution is 6.32. The summed E-state index contributed by atoms with van der Waals surface area (Å²) in [5.41, 5.74) is 1.37. The van der Waals surface area contributed by atoms with Gasteiger partial charge in [0.2, 0.25) is 11.1 Å². The predicted octanol–water partition coefficient (Wildman–Crippen LogP) is 3.94. The number of aromatic amines is 1. The van der Waals surface area contributed by atoms with Crippen molar-refractivity contribution in [3.05, 3.63) is 63.2 Å². The Morgan fingerprint density at radius 2 is 2.09 bits per heavy atom. The van der Waals surface area contributed by atoms with Crippen LogP contribution in [0.15, 0.2) is 41.2 Å². The molecule has 32 heavy (non-hydrogen) atoms. The lowest BCUT2D eigenvalue weighted by Crippen LogP contribution is -2.25. The fourth-order valence-corrected chi connectivity index (χ4v) is 3.79. The minimum absolute atomic E-state index is 0.155. The van der Waals surface area contributed by atoms with E-state index in [4.69, 9.17) is 21.1 Å². The van der Waals surface area contributed by atoms with Crippen LogP contribution in [0.3, 0.4) is 0 Å². The van der Waals surface area contributed by atoms with Crippen LogP contribution in [0, 0.1) is 5.92 Å². The number of hydrogen-bond acceptors (Lipinski definition) is 6. The maximum Gasteiger partial charge on any atom is 0.362 e. The van der Waals surface area contributed by atoms with Gasteiger partial charge in [-0.05, 0) is 43.9 Å². The molecule has 0 saturated heterocycles. The number of aromatic nitrogens is 4. The molecule has 8 nitrogen and oxygen atoms in total. The van der Waals surface area contributed by atoms with Crippen LogP contribution in [0.1, 0.15) is 36.1 Å². The molecule has 1 aliphatic carbocycles. The van der Waals surface area contributed by atoms with E-state index in [9.17, 15) is 9.59 Å². The van der Waals surface area contributed by atoms with Crippen molar-refractivity contribution >= 4 is 39.5 Å². The van der Waals surface area contributed by atoms with E-state index in [1.54, 1.807) is 35.9 Å². The average Bonchev–Trinajstić information content (AvgIpc) is 3.53. The molecule has 0 bridgehead atoms. The van der Waals surface area contributed by atoms with Crippen LogP contribution in [0.5, 0.6) is 5.75 Å². The van der Waals surface area contributed by atoms with Gasteiger partial charge in [-0.1, -0.05) is 23.7 Å². The maximum atomic E-state index is 12.8. The molecule has 0 radical (unpaired) electrons. The second kappa shape index (κ2) is 8.27. The molecule has 0 spiro atoms. The summed E-state index contributed by atoms with van der Waals surface area (Å²) in [6.07, 6.45) is 2.39. The molecule has 4 aromatic rings. The number of halogens is 1. The largest absolute Gasteiger partial charge is 0.492 e. The monoisotopic (exact) mass is 452 g/mol. The lowest BCUT2D eigenvalue weighted by Gasteiger charge is -2.10. The van der Waals surface area contributed by atoms with E-state index in [2.05, 4.69) is 15.1 Å². The minimum Gasteiger partial charge on any atom is -0.492 e. The van der Waals surface area contributed by atoms with E-state index in [-0.39, 0.29) is 18.8 Å². The first-order valence-corrected chi connectivity index (χ1v) is 10.9. The first-order chi connectivity index (χ1) is 15.5. The number of rotatable bonds is 7. The number of nitrogens with zero attached hydrogens (tertiary/aromatic N) is 3. The zero-order chi connectivity index (χ0) is 22.2. The molecule has 5 rings (SSSR count). The van der Waals surface area contributed by atoms with Gasteiger partial charge in [0.25, 0.3) is 0 Å². The van der Waals surface area contributed by atoms with Gasteiger partial charge in [-0.25, -0.2) is 9.78 Å². The average molecular weight is 453 g/mol. The first kappa shape index (κ1) is 20.5. The Labute approximate surface area is 188 Å². The van der Waals surface area contributed by atoms with Crippen LogP contribution in [0.2, 0.25) is 5.02 Å². The summed E-state index contributed by atoms with van der Waals surface area (Å²) in [5.74, 6) is 1.09. The van der Waals surface area contributed by atoms with Crippen LogP contribution in [-0.4, -0.2) is 38.9 Å². The zero-order valence-corrected chi connectivity index (χ0v) is 18.2. The highest BCUT2D eigenvalue weighted by Gasteiger charge is 2.23. The molecular weight excluding hydrogens is 432 g/mol. The van der Waals surface area contributed by atoms with Crippen LogP contribution < -0.4 is 10.2 Å². The van der Waals surface area contributed by atoms with Gasteiger partial charge < -0.3 is 14.5 Å². The molecule has 164 valence electrons. The summed E-state index contributed by atoms with van der Waals surface area (Å²) < 4.78 is 12.4. The van der Waals surface area contributed by atoms with Gasteiger partial charge in [0.1, 0.15) is 11.6 Å². The fraction of sp³-hybridized carbons (Fsp3) is 0.304. The maximum absolute atomic E-state index is 12.8. The van der Waals surface area contributed by atoms with Crippen molar-refractivity contribution in [1.82, 2.24) is 19.7 Å². The molecule has 0 unspecified atom stereocenters. The summed E-state index contributed by atoms with van der Waals surface area (Å²) in [6.45, 7) is 2.71. The van der Waals surface area contributed by atoms with Gasteiger partial charge >= 0.3 is 5.97 Å². The second-order valence-corrected chi connectivity index (χ2v) is 8.22. The lowest BCUT2D eigenvalue weighted by molar-refractivity contribution is 0.0515. The number of carbonyl (C=O) groups is 1. The number of H-pyrrole nitrogens is 1. The number of hydrogen-bond donors (Lipinski definition) is 1. The molecule has 0 amide bonds. The lowest BCUT2D eigenvalue weighted by atomic mass is 10.2. The summed E-state index contributed by atoms with van der Waals surface area (Å²) >= 11 is 6.38. The third-order valence-corrected chi connectivity index (χ3v) is 5.68. The number of para-hydroxylation sites is 1. The molecule has 0 atom stereocenters. The number of ether oxygens (including phenoxy) is 2. The predicted molar refractivity (Wildman–Crippen MR) is 120 cm³/mol. The van der Waals surface area contributed by atoms with Gasteiger partial charge in [0.15, 0.2) is 0 Å². The number of esters is 1. The van der Waals surface area contributed by atoms with Crippen molar-refractivity contribution in [2.45, 2.75) is 26.3 Å². The molecule has 1 saturated carbocycles. The third kappa shape index (κ3) is 3.93. The Morgan fingerprint density at radius 1 is 1.28 bits per heavy atom. The summed E-state index contributed by atoms with van der Waals surface area (Å²) in [7, 11) is 0. The molecule has 1 fully saturated rings. The minimum atomic E-state index is -0.745. The molecule has 1 aliphatic rings. The van der Waals surface area contributed by atoms with E-state index in [0.29, 0.717) is 45.5 Å². The van der Waals surface area contributed by atoms with Gasteiger partial charge in [0.05, 0.1) is 41.3 Å². The van der Waals surface area contributed by atoms with Crippen molar-refractivity contribution < 1.29 is 14.3 Å². The summed E-state index contributed by atoms with van der Waals surface area (Å²) in [6, 6.07) is 10.6. The Bertz CT molecular complexity index is 1390. The van der Waals surface area contributed by atoms with E-state index >= 15 is 0 Å². The highest BCUT2D eigenvalue weighted by Crippen LogP contribution is 2.33. The van der Waals surface area contributed by atoms with Gasteiger partial charge in [-0.2, -0.15) is 5.10 Å². The number of nitrogens with one attached hydrogen (secondary N) is 1.